The molecule has 4 rings (SSSR count). The summed E-state index contributed by atoms with van der Waals surface area (Å²) in [5, 5.41) is 9.24. The third-order valence-electron chi connectivity index (χ3n) is 7.28. The summed E-state index contributed by atoms with van der Waals surface area (Å²) in [5.41, 5.74) is -1.84. The highest BCUT2D eigenvalue weighted by molar-refractivity contribution is 7.92. The number of nitrogens with zero attached hydrogens (tertiary/aromatic N) is 1. The molecule has 38 heavy (non-hydrogen) atoms. The van der Waals surface area contributed by atoms with Gasteiger partial charge in [0, 0.05) is 5.92 Å². The van der Waals surface area contributed by atoms with Gasteiger partial charge in [-0.25, -0.2) is 8.42 Å². The average Bonchev–Trinajstić information content (AvgIpc) is 3.03. The van der Waals surface area contributed by atoms with Gasteiger partial charge in [-0.1, -0.05) is 19.1 Å². The Hall–Kier alpha value is -2.77. The molecule has 2 aliphatic rings. The number of carboxylic acids is 1. The first-order valence-electron chi connectivity index (χ1n) is 12.0. The van der Waals surface area contributed by atoms with E-state index in [1.165, 1.54) is 12.1 Å². The molecule has 0 radical (unpaired) electrons. The monoisotopic (exact) mass is 555 g/mol. The van der Waals surface area contributed by atoms with Gasteiger partial charge in [-0.3, -0.25) is 9.10 Å². The maximum absolute atomic E-state index is 13.8. The Bertz CT molecular complexity index is 1330. The van der Waals surface area contributed by atoms with Gasteiger partial charge in [0.15, 0.2) is 0 Å². The molecule has 2 heterocycles. The molecule has 0 saturated carbocycles. The second kappa shape index (κ2) is 9.46. The van der Waals surface area contributed by atoms with Crippen molar-refractivity contribution in [3.05, 3.63) is 48.0 Å². The maximum Gasteiger partial charge on any atom is 0.494 e. The molecule has 2 atom stereocenters. The Labute approximate surface area is 219 Å². The SMILES string of the molecule is CC(CC(=O)O)[C@H]1CN(S(=O)(=O)c2cccc(C(F)(F)F)c2)c2cc(B3OC(C)(C)C(C)(C)O3)ccc2O1. The minimum Gasteiger partial charge on any atom is -0.486 e. The molecule has 2 aromatic rings. The Balaban J connectivity index is 1.80. The smallest absolute Gasteiger partial charge is 0.486 e. The van der Waals surface area contributed by atoms with Crippen molar-refractivity contribution in [3.8, 4) is 5.75 Å². The van der Waals surface area contributed by atoms with E-state index in [0.717, 1.165) is 22.5 Å². The summed E-state index contributed by atoms with van der Waals surface area (Å²) in [5.74, 6) is -1.53. The van der Waals surface area contributed by atoms with Crippen LogP contribution in [0.15, 0.2) is 47.4 Å². The lowest BCUT2D eigenvalue weighted by Gasteiger charge is -2.38. The van der Waals surface area contributed by atoms with Crippen LogP contribution >= 0.6 is 0 Å². The molecule has 0 aliphatic carbocycles. The largest absolute Gasteiger partial charge is 0.494 e. The number of aliphatic carboxylic acids is 1. The van der Waals surface area contributed by atoms with Crippen molar-refractivity contribution in [2.45, 2.75) is 69.4 Å². The number of hydrogen-bond acceptors (Lipinski definition) is 6. The van der Waals surface area contributed by atoms with Crippen LogP contribution in [0.4, 0.5) is 18.9 Å². The Kier molecular flexibility index (Phi) is 7.03. The molecule has 1 fully saturated rings. The lowest BCUT2D eigenvalue weighted by Crippen LogP contribution is -2.47. The van der Waals surface area contributed by atoms with E-state index < -0.39 is 63.0 Å². The van der Waals surface area contributed by atoms with Crippen molar-refractivity contribution < 1.29 is 45.5 Å². The standard InChI is InChI=1S/C25H29BF3NO7S/c1-15(11-22(31)32)21-14-30(38(33,34)18-8-6-7-16(12-18)25(27,28)29)19-13-17(9-10-20(19)35-21)26-36-23(2,3)24(4,5)37-26/h6-10,12-13,15,21H,11,14H2,1-5H3,(H,31,32)/t15?,21-/m1/s1. The first-order valence-corrected chi connectivity index (χ1v) is 13.4. The molecule has 206 valence electrons. The van der Waals surface area contributed by atoms with Crippen LogP contribution in [0.1, 0.15) is 46.6 Å². The molecule has 0 aromatic heterocycles. The van der Waals surface area contributed by atoms with Crippen molar-refractivity contribution >= 4 is 34.3 Å². The molecule has 13 heteroatoms. The number of anilines is 1. The van der Waals surface area contributed by atoms with Gasteiger partial charge >= 0.3 is 19.3 Å². The number of carboxylic acid groups (broad SMARTS) is 1. The van der Waals surface area contributed by atoms with Crippen LogP contribution in [-0.4, -0.2) is 50.5 Å². The summed E-state index contributed by atoms with van der Waals surface area (Å²) < 4.78 is 86.8. The van der Waals surface area contributed by atoms with Crippen molar-refractivity contribution in [2.75, 3.05) is 10.8 Å². The number of halogens is 3. The molecule has 0 bridgehead atoms. The second-order valence-electron chi connectivity index (χ2n) is 10.6. The van der Waals surface area contributed by atoms with Crippen LogP contribution in [0.5, 0.6) is 5.75 Å². The van der Waals surface area contributed by atoms with E-state index in [9.17, 15) is 31.5 Å². The van der Waals surface area contributed by atoms with Gasteiger partial charge in [-0.2, -0.15) is 13.2 Å². The fourth-order valence-corrected chi connectivity index (χ4v) is 5.83. The maximum atomic E-state index is 13.8. The zero-order chi connectivity index (χ0) is 28.3. The van der Waals surface area contributed by atoms with Crippen molar-refractivity contribution in [2.24, 2.45) is 5.92 Å². The first kappa shape index (κ1) is 28.2. The lowest BCUT2D eigenvalue weighted by molar-refractivity contribution is -0.139. The Morgan fingerprint density at radius 1 is 1.13 bits per heavy atom. The van der Waals surface area contributed by atoms with E-state index >= 15 is 0 Å². The number of rotatable bonds is 6. The van der Waals surface area contributed by atoms with Crippen LogP contribution < -0.4 is 14.5 Å². The zero-order valence-corrected chi connectivity index (χ0v) is 22.4. The summed E-state index contributed by atoms with van der Waals surface area (Å²) in [6.07, 6.45) is -5.89. The van der Waals surface area contributed by atoms with Crippen LogP contribution in [-0.2, 0) is 30.3 Å². The third-order valence-corrected chi connectivity index (χ3v) is 9.06. The average molecular weight is 555 g/mol. The van der Waals surface area contributed by atoms with Gasteiger partial charge in [-0.15, -0.1) is 0 Å². The summed E-state index contributed by atoms with van der Waals surface area (Å²) in [7, 11) is -5.34. The lowest BCUT2D eigenvalue weighted by atomic mass is 9.78. The van der Waals surface area contributed by atoms with Crippen molar-refractivity contribution in [1.29, 1.82) is 0 Å². The van der Waals surface area contributed by atoms with Gasteiger partial charge in [-0.05, 0) is 63.5 Å². The predicted molar refractivity (Wildman–Crippen MR) is 134 cm³/mol. The van der Waals surface area contributed by atoms with E-state index in [2.05, 4.69) is 0 Å². The van der Waals surface area contributed by atoms with Crippen LogP contribution in [0.2, 0.25) is 0 Å². The number of alkyl halides is 3. The number of fused-ring (bicyclic) bond motifs is 1. The minimum absolute atomic E-state index is 0.0911. The van der Waals surface area contributed by atoms with E-state index in [4.69, 9.17) is 14.0 Å². The summed E-state index contributed by atoms with van der Waals surface area (Å²) in [4.78, 5) is 10.8. The van der Waals surface area contributed by atoms with E-state index in [0.29, 0.717) is 11.5 Å². The molecule has 1 N–H and O–H groups in total. The highest BCUT2D eigenvalue weighted by Crippen LogP contribution is 2.41. The quantitative estimate of drug-likeness (QED) is 0.537. The van der Waals surface area contributed by atoms with Crippen LogP contribution in [0, 0.1) is 5.92 Å². The second-order valence-corrected chi connectivity index (χ2v) is 12.5. The number of ether oxygens (including phenoxy) is 1. The highest BCUT2D eigenvalue weighted by Gasteiger charge is 2.52. The Morgan fingerprint density at radius 3 is 2.34 bits per heavy atom. The van der Waals surface area contributed by atoms with Crippen molar-refractivity contribution in [1.82, 2.24) is 0 Å². The van der Waals surface area contributed by atoms with Gasteiger partial charge in [0.2, 0.25) is 0 Å². The molecule has 2 aromatic carbocycles. The normalized spacial score (nSPS) is 21.5. The summed E-state index contributed by atoms with van der Waals surface area (Å²) >= 11 is 0. The van der Waals surface area contributed by atoms with Gasteiger partial charge in [0.05, 0.1) is 40.3 Å². The molecule has 1 unspecified atom stereocenters. The third kappa shape index (κ3) is 5.23. The molecule has 8 nitrogen and oxygen atoms in total. The first-order chi connectivity index (χ1) is 17.4. The molecular weight excluding hydrogens is 526 g/mol. The molecular formula is C25H29BF3NO7S. The number of hydrogen-bond donors (Lipinski definition) is 1. The fraction of sp³-hybridized carbons (Fsp3) is 0.480. The topological polar surface area (TPSA) is 102 Å². The highest BCUT2D eigenvalue weighted by atomic mass is 32.2. The van der Waals surface area contributed by atoms with Gasteiger partial charge in [0.1, 0.15) is 11.9 Å². The molecule has 0 spiro atoms. The Morgan fingerprint density at radius 2 is 1.76 bits per heavy atom. The molecule has 2 aliphatic heterocycles. The van der Waals surface area contributed by atoms with E-state index in [-0.39, 0.29) is 24.4 Å². The molecule has 1 saturated heterocycles. The summed E-state index contributed by atoms with van der Waals surface area (Å²) in [6.45, 7) is 8.78. The number of sulfonamides is 1. The number of benzene rings is 2. The molecule has 0 amide bonds. The summed E-state index contributed by atoms with van der Waals surface area (Å²) in [6, 6.07) is 8.19. The van der Waals surface area contributed by atoms with E-state index in [1.807, 2.05) is 27.7 Å². The van der Waals surface area contributed by atoms with Crippen molar-refractivity contribution in [3.63, 3.8) is 0 Å². The van der Waals surface area contributed by atoms with E-state index in [1.54, 1.807) is 13.0 Å². The minimum atomic E-state index is -4.74. The van der Waals surface area contributed by atoms with Crippen LogP contribution in [0.25, 0.3) is 0 Å². The zero-order valence-electron chi connectivity index (χ0n) is 21.6. The number of carbonyl (C=O) groups is 1. The fourth-order valence-electron chi connectivity index (χ4n) is 4.31. The predicted octanol–water partition coefficient (Wildman–Crippen LogP) is 4.07. The van der Waals surface area contributed by atoms with Gasteiger partial charge in [0.25, 0.3) is 10.0 Å². The van der Waals surface area contributed by atoms with Gasteiger partial charge < -0.3 is 19.2 Å². The van der Waals surface area contributed by atoms with Crippen LogP contribution in [0.3, 0.4) is 0 Å².